The fourth-order valence-corrected chi connectivity index (χ4v) is 0.945. The number of carbonyl (C=O) groups is 1. The summed E-state index contributed by atoms with van der Waals surface area (Å²) in [6.45, 7) is 0.311. The molecule has 0 saturated heterocycles. The molecule has 66 valence electrons. The number of hydrogen-bond acceptors (Lipinski definition) is 1. The summed E-state index contributed by atoms with van der Waals surface area (Å²) >= 11 is 0. The quantitative estimate of drug-likeness (QED) is 0.542. The van der Waals surface area contributed by atoms with Crippen LogP contribution in [0.3, 0.4) is 0 Å². The molecule has 1 aromatic carbocycles. The summed E-state index contributed by atoms with van der Waals surface area (Å²) in [6.07, 6.45) is 5.60. The molecule has 0 spiro atoms. The van der Waals surface area contributed by atoms with Crippen LogP contribution >= 0.6 is 0 Å². The summed E-state index contributed by atoms with van der Waals surface area (Å²) < 4.78 is 13.0. The zero-order valence-electron chi connectivity index (χ0n) is 6.88. The van der Waals surface area contributed by atoms with Crippen molar-refractivity contribution >= 4 is 6.41 Å². The van der Waals surface area contributed by atoms with Gasteiger partial charge in [-0.3, -0.25) is 4.79 Å². The highest BCUT2D eigenvalue weighted by molar-refractivity contribution is 5.46. The molecule has 0 aromatic heterocycles. The topological polar surface area (TPSA) is 29.1 Å². The van der Waals surface area contributed by atoms with Gasteiger partial charge >= 0.3 is 0 Å². The summed E-state index contributed by atoms with van der Waals surface area (Å²) in [6, 6.07) is 4.50. The first-order chi connectivity index (χ1) is 6.27. The van der Waals surface area contributed by atoms with Crippen molar-refractivity contribution in [1.82, 2.24) is 5.32 Å². The molecular weight excluding hydrogens is 169 g/mol. The maximum atomic E-state index is 13.0. The zero-order valence-corrected chi connectivity index (χ0v) is 6.88. The number of rotatable bonds is 3. The molecule has 0 saturated carbocycles. The average molecular weight is 177 g/mol. The summed E-state index contributed by atoms with van der Waals surface area (Å²) in [7, 11) is 0. The highest BCUT2D eigenvalue weighted by Crippen LogP contribution is 2.08. The van der Waals surface area contributed by atoms with Crippen molar-refractivity contribution in [2.45, 2.75) is 6.54 Å². The Bertz CT molecular complexity index is 354. The summed E-state index contributed by atoms with van der Waals surface area (Å²) in [4.78, 5) is 9.95. The highest BCUT2D eigenvalue weighted by atomic mass is 19.1. The van der Waals surface area contributed by atoms with Gasteiger partial charge in [0.25, 0.3) is 0 Å². The van der Waals surface area contributed by atoms with E-state index in [9.17, 15) is 9.18 Å². The van der Waals surface area contributed by atoms with Gasteiger partial charge in [0.05, 0.1) is 5.56 Å². The van der Waals surface area contributed by atoms with Gasteiger partial charge < -0.3 is 5.32 Å². The Kier molecular flexibility index (Phi) is 3.04. The summed E-state index contributed by atoms with van der Waals surface area (Å²) in [5.74, 6) is 1.78. The third kappa shape index (κ3) is 2.31. The minimum absolute atomic E-state index is 0.231. The van der Waals surface area contributed by atoms with Gasteiger partial charge in [-0.2, -0.15) is 0 Å². The molecule has 2 nitrogen and oxygen atoms in total. The number of amides is 1. The van der Waals surface area contributed by atoms with E-state index in [-0.39, 0.29) is 5.56 Å². The fourth-order valence-electron chi connectivity index (χ4n) is 0.945. The van der Waals surface area contributed by atoms with E-state index in [2.05, 4.69) is 11.2 Å². The molecule has 0 radical (unpaired) electrons. The molecule has 1 aromatic rings. The number of benzene rings is 1. The third-order valence-corrected chi connectivity index (χ3v) is 1.58. The molecule has 3 heteroatoms. The number of terminal acetylenes is 1. The van der Waals surface area contributed by atoms with Gasteiger partial charge in [0.15, 0.2) is 0 Å². The van der Waals surface area contributed by atoms with Crippen LogP contribution < -0.4 is 5.32 Å². The van der Waals surface area contributed by atoms with Crippen LogP contribution in [0.25, 0.3) is 0 Å². The third-order valence-electron chi connectivity index (χ3n) is 1.58. The van der Waals surface area contributed by atoms with Crippen LogP contribution in [0, 0.1) is 18.2 Å². The Labute approximate surface area is 75.8 Å². The van der Waals surface area contributed by atoms with Gasteiger partial charge in [0.1, 0.15) is 5.82 Å². The van der Waals surface area contributed by atoms with Gasteiger partial charge in [0, 0.05) is 6.54 Å². The van der Waals surface area contributed by atoms with E-state index in [1.165, 1.54) is 12.1 Å². The van der Waals surface area contributed by atoms with E-state index in [1.54, 1.807) is 6.07 Å². The van der Waals surface area contributed by atoms with E-state index >= 15 is 0 Å². The normalized spacial score (nSPS) is 8.92. The summed E-state index contributed by atoms with van der Waals surface area (Å²) in [5.41, 5.74) is 0.915. The lowest BCUT2D eigenvalue weighted by Crippen LogP contribution is -2.09. The van der Waals surface area contributed by atoms with Crippen LogP contribution in [0.2, 0.25) is 0 Å². The van der Waals surface area contributed by atoms with Crippen molar-refractivity contribution in [3.8, 4) is 12.3 Å². The molecule has 1 N–H and O–H groups in total. The lowest BCUT2D eigenvalue weighted by Gasteiger charge is -2.00. The molecule has 0 atom stereocenters. The second-order valence-electron chi connectivity index (χ2n) is 2.46. The monoisotopic (exact) mass is 177 g/mol. The van der Waals surface area contributed by atoms with Crippen molar-refractivity contribution in [2.24, 2.45) is 0 Å². The van der Waals surface area contributed by atoms with E-state index in [1.807, 2.05) is 0 Å². The Balaban J connectivity index is 2.84. The Morgan fingerprint density at radius 1 is 1.62 bits per heavy atom. The van der Waals surface area contributed by atoms with Gasteiger partial charge in [0.2, 0.25) is 6.41 Å². The van der Waals surface area contributed by atoms with Gasteiger partial charge in [-0.15, -0.1) is 6.42 Å². The molecular formula is C10H8FNO. The van der Waals surface area contributed by atoms with Gasteiger partial charge in [-0.1, -0.05) is 12.0 Å². The number of hydrogen-bond donors (Lipinski definition) is 1. The van der Waals surface area contributed by atoms with Crippen molar-refractivity contribution in [1.29, 1.82) is 0 Å². The predicted octanol–water partition coefficient (Wildman–Crippen LogP) is 1.05. The van der Waals surface area contributed by atoms with Crippen LogP contribution in [-0.2, 0) is 11.3 Å². The van der Waals surface area contributed by atoms with E-state index in [0.29, 0.717) is 18.5 Å². The van der Waals surface area contributed by atoms with Gasteiger partial charge in [-0.25, -0.2) is 4.39 Å². The Morgan fingerprint density at radius 2 is 2.38 bits per heavy atom. The van der Waals surface area contributed by atoms with E-state index in [4.69, 9.17) is 6.42 Å². The fraction of sp³-hybridized carbons (Fsp3) is 0.100. The molecule has 0 fully saturated rings. The van der Waals surface area contributed by atoms with Gasteiger partial charge in [-0.05, 0) is 17.7 Å². The molecule has 0 unspecified atom stereocenters. The van der Waals surface area contributed by atoms with Crippen LogP contribution in [0.5, 0.6) is 0 Å². The van der Waals surface area contributed by atoms with Crippen LogP contribution in [0.15, 0.2) is 18.2 Å². The maximum absolute atomic E-state index is 13.0. The molecule has 0 aliphatic carbocycles. The number of halogens is 1. The number of nitrogens with one attached hydrogen (secondary N) is 1. The molecule has 0 aliphatic heterocycles. The lowest BCUT2D eigenvalue weighted by molar-refractivity contribution is -0.109. The molecule has 0 aliphatic rings. The largest absolute Gasteiger partial charge is 0.355 e. The van der Waals surface area contributed by atoms with Crippen molar-refractivity contribution < 1.29 is 9.18 Å². The molecule has 1 amide bonds. The molecule has 0 heterocycles. The average Bonchev–Trinajstić information content (AvgIpc) is 2.15. The molecule has 13 heavy (non-hydrogen) atoms. The summed E-state index contributed by atoms with van der Waals surface area (Å²) in [5, 5.41) is 2.43. The van der Waals surface area contributed by atoms with Crippen molar-refractivity contribution in [2.75, 3.05) is 0 Å². The number of carbonyl (C=O) groups excluding carboxylic acids is 1. The van der Waals surface area contributed by atoms with Crippen molar-refractivity contribution in [3.63, 3.8) is 0 Å². The van der Waals surface area contributed by atoms with E-state index in [0.717, 1.165) is 0 Å². The predicted molar refractivity (Wildman–Crippen MR) is 47.2 cm³/mol. The first kappa shape index (κ1) is 9.27. The van der Waals surface area contributed by atoms with Crippen molar-refractivity contribution in [3.05, 3.63) is 35.1 Å². The van der Waals surface area contributed by atoms with Crippen LogP contribution in [-0.4, -0.2) is 6.41 Å². The molecule has 0 bridgehead atoms. The van der Waals surface area contributed by atoms with Crippen LogP contribution in [0.1, 0.15) is 11.1 Å². The van der Waals surface area contributed by atoms with Crippen LogP contribution in [0.4, 0.5) is 4.39 Å². The lowest BCUT2D eigenvalue weighted by atomic mass is 10.1. The molecule has 1 rings (SSSR count). The smallest absolute Gasteiger partial charge is 0.207 e. The Morgan fingerprint density at radius 3 is 2.92 bits per heavy atom. The minimum atomic E-state index is -0.437. The SMILES string of the molecule is C#Cc1ccc(CNC=O)cc1F. The zero-order chi connectivity index (χ0) is 9.68. The first-order valence-corrected chi connectivity index (χ1v) is 3.70. The maximum Gasteiger partial charge on any atom is 0.207 e. The standard InChI is InChI=1S/C10H8FNO/c1-2-9-4-3-8(5-10(9)11)6-12-7-13/h1,3-5,7H,6H2,(H,12,13). The first-order valence-electron chi connectivity index (χ1n) is 3.70. The second-order valence-corrected chi connectivity index (χ2v) is 2.46. The Hall–Kier alpha value is -1.82. The highest BCUT2D eigenvalue weighted by Gasteiger charge is 1.99. The minimum Gasteiger partial charge on any atom is -0.355 e. The van der Waals surface area contributed by atoms with E-state index < -0.39 is 5.82 Å². The second kappa shape index (κ2) is 4.27.